The first kappa shape index (κ1) is 13.2. The van der Waals surface area contributed by atoms with Gasteiger partial charge in [0.2, 0.25) is 0 Å². The zero-order chi connectivity index (χ0) is 12.1. The molecule has 0 aromatic heterocycles. The fourth-order valence-electron chi connectivity index (χ4n) is 2.26. The standard InChI is InChI=1S/C15H24O/c1-11-10-12(2)14(4)15(13(11)3)8-6-5-7-9-16/h10,16H,5-9H2,1-4H3. The van der Waals surface area contributed by atoms with Gasteiger partial charge in [-0.05, 0) is 74.8 Å². The van der Waals surface area contributed by atoms with Crippen LogP contribution in [0, 0.1) is 27.7 Å². The third-order valence-electron chi connectivity index (χ3n) is 3.61. The van der Waals surface area contributed by atoms with E-state index in [1.807, 2.05) is 0 Å². The van der Waals surface area contributed by atoms with Crippen molar-refractivity contribution in [3.8, 4) is 0 Å². The maximum absolute atomic E-state index is 8.76. The highest BCUT2D eigenvalue weighted by Crippen LogP contribution is 2.23. The van der Waals surface area contributed by atoms with Crippen LogP contribution >= 0.6 is 0 Å². The molecule has 1 rings (SSSR count). The second kappa shape index (κ2) is 6.05. The Morgan fingerprint density at radius 1 is 0.875 bits per heavy atom. The zero-order valence-electron chi connectivity index (χ0n) is 11.1. The molecule has 0 radical (unpaired) electrons. The van der Waals surface area contributed by atoms with E-state index in [9.17, 15) is 0 Å². The Morgan fingerprint density at radius 2 is 1.44 bits per heavy atom. The van der Waals surface area contributed by atoms with E-state index in [1.54, 1.807) is 0 Å². The molecule has 1 aromatic carbocycles. The van der Waals surface area contributed by atoms with Crippen LogP contribution in [0.25, 0.3) is 0 Å². The SMILES string of the molecule is Cc1cc(C)c(C)c(CCCCCO)c1C. The summed E-state index contributed by atoms with van der Waals surface area (Å²) in [6.45, 7) is 9.16. The van der Waals surface area contributed by atoms with E-state index >= 15 is 0 Å². The Bertz CT molecular complexity index is 327. The highest BCUT2D eigenvalue weighted by molar-refractivity contribution is 5.43. The van der Waals surface area contributed by atoms with Gasteiger partial charge in [0.15, 0.2) is 0 Å². The molecule has 1 aromatic rings. The van der Waals surface area contributed by atoms with Gasteiger partial charge in [0, 0.05) is 6.61 Å². The molecule has 0 fully saturated rings. The topological polar surface area (TPSA) is 20.2 Å². The predicted molar refractivity (Wildman–Crippen MR) is 70.0 cm³/mol. The highest BCUT2D eigenvalue weighted by Gasteiger charge is 2.07. The van der Waals surface area contributed by atoms with Gasteiger partial charge in [-0.25, -0.2) is 0 Å². The highest BCUT2D eigenvalue weighted by atomic mass is 16.2. The van der Waals surface area contributed by atoms with Crippen LogP contribution in [0.1, 0.15) is 47.1 Å². The number of rotatable bonds is 5. The Hall–Kier alpha value is -0.820. The summed E-state index contributed by atoms with van der Waals surface area (Å²) < 4.78 is 0. The molecule has 0 aliphatic heterocycles. The number of hydrogen-bond donors (Lipinski definition) is 1. The first-order valence-corrected chi connectivity index (χ1v) is 6.25. The minimum Gasteiger partial charge on any atom is -0.396 e. The average Bonchev–Trinajstić information content (AvgIpc) is 2.25. The quantitative estimate of drug-likeness (QED) is 0.751. The molecule has 0 amide bonds. The molecule has 0 aliphatic carbocycles. The van der Waals surface area contributed by atoms with Crippen LogP contribution in [-0.4, -0.2) is 11.7 Å². The van der Waals surface area contributed by atoms with Crippen molar-refractivity contribution in [2.75, 3.05) is 6.61 Å². The first-order valence-electron chi connectivity index (χ1n) is 6.25. The van der Waals surface area contributed by atoms with Crippen molar-refractivity contribution in [1.29, 1.82) is 0 Å². The molecule has 0 unspecified atom stereocenters. The summed E-state index contributed by atoms with van der Waals surface area (Å²) in [6.07, 6.45) is 4.40. The van der Waals surface area contributed by atoms with E-state index in [2.05, 4.69) is 33.8 Å². The summed E-state index contributed by atoms with van der Waals surface area (Å²) in [5.41, 5.74) is 7.23. The molecule has 0 bridgehead atoms. The molecular formula is C15H24O. The third-order valence-corrected chi connectivity index (χ3v) is 3.61. The van der Waals surface area contributed by atoms with Gasteiger partial charge >= 0.3 is 0 Å². The van der Waals surface area contributed by atoms with Crippen molar-refractivity contribution in [2.45, 2.75) is 53.4 Å². The number of aliphatic hydroxyl groups excluding tert-OH is 1. The van der Waals surface area contributed by atoms with Crippen LogP contribution in [0.15, 0.2) is 6.07 Å². The van der Waals surface area contributed by atoms with Crippen LogP contribution < -0.4 is 0 Å². The number of aliphatic hydroxyl groups is 1. The van der Waals surface area contributed by atoms with E-state index < -0.39 is 0 Å². The second-order valence-corrected chi connectivity index (χ2v) is 4.77. The lowest BCUT2D eigenvalue weighted by Crippen LogP contribution is -2.00. The van der Waals surface area contributed by atoms with Gasteiger partial charge in [-0.1, -0.05) is 12.5 Å². The monoisotopic (exact) mass is 220 g/mol. The summed E-state index contributed by atoms with van der Waals surface area (Å²) in [5, 5.41) is 8.76. The fourth-order valence-corrected chi connectivity index (χ4v) is 2.26. The van der Waals surface area contributed by atoms with Crippen molar-refractivity contribution in [3.05, 3.63) is 33.9 Å². The fraction of sp³-hybridized carbons (Fsp3) is 0.600. The van der Waals surface area contributed by atoms with Crippen molar-refractivity contribution in [1.82, 2.24) is 0 Å². The Labute approximate surface area is 99.5 Å². The first-order chi connectivity index (χ1) is 7.57. The Morgan fingerprint density at radius 3 is 1.94 bits per heavy atom. The molecule has 0 atom stereocenters. The average molecular weight is 220 g/mol. The van der Waals surface area contributed by atoms with Crippen LogP contribution in [0.2, 0.25) is 0 Å². The van der Waals surface area contributed by atoms with Crippen LogP contribution in [-0.2, 0) is 6.42 Å². The van der Waals surface area contributed by atoms with E-state index in [0.29, 0.717) is 6.61 Å². The van der Waals surface area contributed by atoms with Gasteiger partial charge in [-0.3, -0.25) is 0 Å². The van der Waals surface area contributed by atoms with E-state index in [0.717, 1.165) is 19.3 Å². The minimum absolute atomic E-state index is 0.324. The Balaban J connectivity index is 2.78. The normalized spacial score (nSPS) is 10.8. The molecule has 0 heterocycles. The van der Waals surface area contributed by atoms with E-state index in [1.165, 1.54) is 34.2 Å². The van der Waals surface area contributed by atoms with E-state index in [-0.39, 0.29) is 0 Å². The van der Waals surface area contributed by atoms with E-state index in [4.69, 9.17) is 5.11 Å². The molecule has 0 saturated heterocycles. The molecule has 0 spiro atoms. The minimum atomic E-state index is 0.324. The van der Waals surface area contributed by atoms with Gasteiger partial charge < -0.3 is 5.11 Å². The number of unbranched alkanes of at least 4 members (excludes halogenated alkanes) is 2. The van der Waals surface area contributed by atoms with Crippen LogP contribution in [0.4, 0.5) is 0 Å². The predicted octanol–water partition coefficient (Wildman–Crippen LogP) is 3.63. The van der Waals surface area contributed by atoms with Gasteiger partial charge in [-0.15, -0.1) is 0 Å². The summed E-state index contributed by atoms with van der Waals surface area (Å²) >= 11 is 0. The molecule has 1 N–H and O–H groups in total. The van der Waals surface area contributed by atoms with Crippen LogP contribution in [0.5, 0.6) is 0 Å². The number of aryl methyl sites for hydroxylation is 2. The van der Waals surface area contributed by atoms with Crippen molar-refractivity contribution < 1.29 is 5.11 Å². The summed E-state index contributed by atoms with van der Waals surface area (Å²) in [7, 11) is 0. The lowest BCUT2D eigenvalue weighted by atomic mass is 9.91. The van der Waals surface area contributed by atoms with Gasteiger partial charge in [0.25, 0.3) is 0 Å². The zero-order valence-corrected chi connectivity index (χ0v) is 11.1. The summed E-state index contributed by atoms with van der Waals surface area (Å²) in [5.74, 6) is 0. The molecule has 90 valence electrons. The lowest BCUT2D eigenvalue weighted by Gasteiger charge is -2.15. The Kier molecular flexibility index (Phi) is 5.01. The van der Waals surface area contributed by atoms with Gasteiger partial charge in [-0.2, -0.15) is 0 Å². The van der Waals surface area contributed by atoms with Crippen molar-refractivity contribution >= 4 is 0 Å². The molecule has 1 heteroatoms. The number of benzene rings is 1. The smallest absolute Gasteiger partial charge is 0.0431 e. The van der Waals surface area contributed by atoms with Gasteiger partial charge in [0.1, 0.15) is 0 Å². The third kappa shape index (κ3) is 3.08. The second-order valence-electron chi connectivity index (χ2n) is 4.77. The molecular weight excluding hydrogens is 196 g/mol. The largest absolute Gasteiger partial charge is 0.396 e. The van der Waals surface area contributed by atoms with Gasteiger partial charge in [0.05, 0.1) is 0 Å². The summed E-state index contributed by atoms with van der Waals surface area (Å²) in [6, 6.07) is 2.28. The molecule has 16 heavy (non-hydrogen) atoms. The summed E-state index contributed by atoms with van der Waals surface area (Å²) in [4.78, 5) is 0. The molecule has 0 saturated carbocycles. The lowest BCUT2D eigenvalue weighted by molar-refractivity contribution is 0.283. The molecule has 1 nitrogen and oxygen atoms in total. The maximum Gasteiger partial charge on any atom is 0.0431 e. The number of hydrogen-bond acceptors (Lipinski definition) is 1. The molecule has 0 aliphatic rings. The van der Waals surface area contributed by atoms with Crippen molar-refractivity contribution in [3.63, 3.8) is 0 Å². The van der Waals surface area contributed by atoms with Crippen LogP contribution in [0.3, 0.4) is 0 Å². The maximum atomic E-state index is 8.76. The van der Waals surface area contributed by atoms with Crippen molar-refractivity contribution in [2.24, 2.45) is 0 Å².